The Morgan fingerprint density at radius 1 is 0.759 bits per heavy atom. The molecule has 2 heterocycles. The van der Waals surface area contributed by atoms with Crippen molar-refractivity contribution in [3.8, 4) is 23.6 Å². The molecular weight excluding hydrogens is 364 g/mol. The van der Waals surface area contributed by atoms with E-state index in [0.717, 1.165) is 48.3 Å². The van der Waals surface area contributed by atoms with Gasteiger partial charge in [-0.1, -0.05) is 52.4 Å². The first-order valence-corrected chi connectivity index (χ1v) is 11.1. The number of unbranched alkanes of at least 4 members (excludes halogenated alkanes) is 6. The van der Waals surface area contributed by atoms with E-state index in [-0.39, 0.29) is 12.2 Å². The normalized spacial score (nSPS) is 24.0. The fraction of sp³-hybridized carbons (Fsp3) is 0.667. The predicted molar refractivity (Wildman–Crippen MR) is 110 cm³/mol. The third kappa shape index (κ3) is 4.68. The summed E-state index contributed by atoms with van der Waals surface area (Å²) in [5.41, 5.74) is 1.96. The van der Waals surface area contributed by atoms with Gasteiger partial charge in [-0.3, -0.25) is 0 Å². The Balaban J connectivity index is 1.76. The van der Waals surface area contributed by atoms with E-state index in [9.17, 15) is 10.5 Å². The molecule has 5 nitrogen and oxygen atoms in total. The number of hydrogen-bond acceptors (Lipinski definition) is 5. The molecule has 156 valence electrons. The molecule has 3 rings (SSSR count). The minimum Gasteiger partial charge on any atom is -0.490 e. The highest BCUT2D eigenvalue weighted by Crippen LogP contribution is 2.58. The number of rotatable bonds is 12. The zero-order valence-corrected chi connectivity index (χ0v) is 17.7. The number of fused-ring (bicyclic) bond motifs is 5. The summed E-state index contributed by atoms with van der Waals surface area (Å²) in [5, 5.41) is 19.0. The van der Waals surface area contributed by atoms with Crippen LogP contribution in [0.25, 0.3) is 0 Å². The molecule has 4 atom stereocenters. The van der Waals surface area contributed by atoms with E-state index in [2.05, 4.69) is 26.0 Å². The summed E-state index contributed by atoms with van der Waals surface area (Å²) >= 11 is 0. The van der Waals surface area contributed by atoms with Crippen LogP contribution >= 0.6 is 0 Å². The van der Waals surface area contributed by atoms with E-state index in [1.165, 1.54) is 25.7 Å². The van der Waals surface area contributed by atoms with Crippen LogP contribution in [0.4, 0.5) is 0 Å². The van der Waals surface area contributed by atoms with Gasteiger partial charge in [-0.25, -0.2) is 0 Å². The van der Waals surface area contributed by atoms with Crippen molar-refractivity contribution in [1.29, 1.82) is 10.5 Å². The standard InChI is InChI=1S/C24H32N2O3/c1-3-5-7-9-11-27-21-13-17-18(14-22(21)28-12-10-8-6-4-2)24-20(16-26)19(15-25)23(17)29-24/h13-14,19-20,23-24H,3-12H2,1-2H3/t19?,20?,23-,24+. The Bertz CT molecular complexity index is 702. The van der Waals surface area contributed by atoms with Crippen molar-refractivity contribution in [1.82, 2.24) is 0 Å². The second-order valence-corrected chi connectivity index (χ2v) is 8.03. The molecular formula is C24H32N2O3. The molecule has 2 bridgehead atoms. The Labute approximate surface area is 174 Å². The van der Waals surface area contributed by atoms with Gasteiger partial charge in [-0.2, -0.15) is 10.5 Å². The summed E-state index contributed by atoms with van der Waals surface area (Å²) in [5.74, 6) is 0.626. The second-order valence-electron chi connectivity index (χ2n) is 8.03. The lowest BCUT2D eigenvalue weighted by Gasteiger charge is -2.22. The van der Waals surface area contributed by atoms with Crippen molar-refractivity contribution in [2.75, 3.05) is 13.2 Å². The predicted octanol–water partition coefficient (Wildman–Crippen LogP) is 6.01. The van der Waals surface area contributed by atoms with Gasteiger partial charge in [0.1, 0.15) is 12.2 Å². The smallest absolute Gasteiger partial charge is 0.161 e. The molecule has 0 saturated carbocycles. The van der Waals surface area contributed by atoms with Crippen LogP contribution in [0.2, 0.25) is 0 Å². The first-order chi connectivity index (χ1) is 14.2. The van der Waals surface area contributed by atoms with E-state index in [0.29, 0.717) is 13.2 Å². The lowest BCUT2D eigenvalue weighted by atomic mass is 9.77. The van der Waals surface area contributed by atoms with Gasteiger partial charge in [0.05, 0.1) is 37.2 Å². The molecule has 0 N–H and O–H groups in total. The van der Waals surface area contributed by atoms with Gasteiger partial charge < -0.3 is 14.2 Å². The van der Waals surface area contributed by atoms with E-state index in [1.54, 1.807) is 0 Å². The largest absolute Gasteiger partial charge is 0.490 e. The van der Waals surface area contributed by atoms with Crippen LogP contribution in [0.15, 0.2) is 12.1 Å². The average molecular weight is 397 g/mol. The molecule has 0 radical (unpaired) electrons. The van der Waals surface area contributed by atoms with Crippen molar-refractivity contribution >= 4 is 0 Å². The maximum absolute atomic E-state index is 9.51. The zero-order valence-electron chi connectivity index (χ0n) is 17.7. The van der Waals surface area contributed by atoms with Crippen LogP contribution in [0.5, 0.6) is 11.5 Å². The van der Waals surface area contributed by atoms with Crippen LogP contribution in [0, 0.1) is 34.5 Å². The summed E-state index contributed by atoms with van der Waals surface area (Å²) in [6.07, 6.45) is 8.47. The summed E-state index contributed by atoms with van der Waals surface area (Å²) < 4.78 is 18.2. The average Bonchev–Trinajstić information content (AvgIpc) is 3.28. The lowest BCUT2D eigenvalue weighted by molar-refractivity contribution is 0.0610. The minimum atomic E-state index is -0.421. The summed E-state index contributed by atoms with van der Waals surface area (Å²) in [7, 11) is 0. The van der Waals surface area contributed by atoms with Crippen LogP contribution in [0.3, 0.4) is 0 Å². The van der Waals surface area contributed by atoms with Crippen molar-refractivity contribution in [2.24, 2.45) is 11.8 Å². The molecule has 2 aliphatic heterocycles. The molecule has 0 aromatic heterocycles. The van der Waals surface area contributed by atoms with Gasteiger partial charge in [-0.15, -0.1) is 0 Å². The summed E-state index contributed by atoms with van der Waals surface area (Å²) in [6.45, 7) is 5.70. The van der Waals surface area contributed by atoms with Crippen LogP contribution in [-0.4, -0.2) is 13.2 Å². The molecule has 0 spiro atoms. The van der Waals surface area contributed by atoms with Gasteiger partial charge in [0.2, 0.25) is 0 Å². The molecule has 1 fully saturated rings. The van der Waals surface area contributed by atoms with Crippen LogP contribution in [-0.2, 0) is 4.74 Å². The van der Waals surface area contributed by atoms with E-state index >= 15 is 0 Å². The van der Waals surface area contributed by atoms with E-state index in [4.69, 9.17) is 14.2 Å². The molecule has 1 aromatic rings. The van der Waals surface area contributed by atoms with E-state index < -0.39 is 11.8 Å². The molecule has 29 heavy (non-hydrogen) atoms. The number of benzene rings is 1. The zero-order chi connectivity index (χ0) is 20.6. The van der Waals surface area contributed by atoms with Crippen molar-refractivity contribution in [3.05, 3.63) is 23.3 Å². The number of ether oxygens (including phenoxy) is 3. The highest BCUT2D eigenvalue weighted by atomic mass is 16.5. The minimum absolute atomic E-state index is 0.342. The SMILES string of the molecule is CCCCCCOc1cc2c(cc1OCCCCCC)[C@@H]1O[C@H]2C(C#N)C1C#N. The summed E-state index contributed by atoms with van der Waals surface area (Å²) in [6, 6.07) is 8.51. The maximum Gasteiger partial charge on any atom is 0.161 e. The maximum atomic E-state index is 9.51. The number of nitrogens with zero attached hydrogens (tertiary/aromatic N) is 2. The highest BCUT2D eigenvalue weighted by Gasteiger charge is 2.53. The Morgan fingerprint density at radius 3 is 1.59 bits per heavy atom. The van der Waals surface area contributed by atoms with Crippen molar-refractivity contribution < 1.29 is 14.2 Å². The monoisotopic (exact) mass is 396 g/mol. The highest BCUT2D eigenvalue weighted by molar-refractivity contribution is 5.53. The van der Waals surface area contributed by atoms with Crippen molar-refractivity contribution in [2.45, 2.75) is 77.4 Å². The molecule has 5 heteroatoms. The Kier molecular flexibility index (Phi) is 7.78. The van der Waals surface area contributed by atoms with Gasteiger partial charge in [-0.05, 0) is 36.1 Å². The quantitative estimate of drug-likeness (QED) is 0.404. The third-order valence-electron chi connectivity index (χ3n) is 5.90. The van der Waals surface area contributed by atoms with Gasteiger partial charge >= 0.3 is 0 Å². The first-order valence-electron chi connectivity index (χ1n) is 11.1. The molecule has 0 amide bonds. The van der Waals surface area contributed by atoms with Gasteiger partial charge in [0, 0.05) is 0 Å². The van der Waals surface area contributed by atoms with Crippen LogP contribution in [0.1, 0.15) is 88.5 Å². The number of hydrogen-bond donors (Lipinski definition) is 0. The molecule has 2 aliphatic rings. The topological polar surface area (TPSA) is 75.3 Å². The molecule has 2 unspecified atom stereocenters. The van der Waals surface area contributed by atoms with Crippen LogP contribution < -0.4 is 9.47 Å². The van der Waals surface area contributed by atoms with Crippen molar-refractivity contribution in [3.63, 3.8) is 0 Å². The van der Waals surface area contributed by atoms with E-state index in [1.807, 2.05) is 12.1 Å². The molecule has 1 saturated heterocycles. The Hall–Kier alpha value is -2.24. The number of nitriles is 2. The fourth-order valence-electron chi connectivity index (χ4n) is 4.27. The summed E-state index contributed by atoms with van der Waals surface area (Å²) in [4.78, 5) is 0. The Morgan fingerprint density at radius 2 is 1.21 bits per heavy atom. The van der Waals surface area contributed by atoms with Gasteiger partial charge in [0.25, 0.3) is 0 Å². The second kappa shape index (κ2) is 10.5. The molecule has 1 aromatic carbocycles. The van der Waals surface area contributed by atoms with Gasteiger partial charge in [0.15, 0.2) is 11.5 Å². The lowest BCUT2D eigenvalue weighted by Crippen LogP contribution is -2.19. The fourth-order valence-corrected chi connectivity index (χ4v) is 4.27. The molecule has 0 aliphatic carbocycles. The first kappa shape index (κ1) is 21.5. The third-order valence-corrected chi connectivity index (χ3v) is 5.90.